The summed E-state index contributed by atoms with van der Waals surface area (Å²) in [7, 11) is 0. The average molecular weight is 351 g/mol. The zero-order valence-electron chi connectivity index (χ0n) is 12.3. The number of carbonyl (C=O) groups excluding carboxylic acids is 2. The molecule has 2 aliphatic heterocycles. The van der Waals surface area contributed by atoms with Gasteiger partial charge in [-0.05, 0) is 31.5 Å². The van der Waals surface area contributed by atoms with Crippen molar-refractivity contribution in [3.63, 3.8) is 0 Å². The van der Waals surface area contributed by atoms with Gasteiger partial charge in [0.25, 0.3) is 0 Å². The van der Waals surface area contributed by atoms with Gasteiger partial charge in [-0.1, -0.05) is 11.3 Å². The largest absolute Gasteiger partial charge is 0.315 e. The molecule has 120 valence electrons. The molecule has 3 heterocycles. The molecular formula is C15H14FN3O2S2. The van der Waals surface area contributed by atoms with Crippen molar-refractivity contribution in [2.24, 2.45) is 0 Å². The van der Waals surface area contributed by atoms with Gasteiger partial charge >= 0.3 is 0 Å². The maximum absolute atomic E-state index is 13.2. The molecule has 1 aromatic carbocycles. The fourth-order valence-corrected chi connectivity index (χ4v) is 5.48. The van der Waals surface area contributed by atoms with E-state index in [1.807, 2.05) is 6.92 Å². The molecule has 0 spiro atoms. The summed E-state index contributed by atoms with van der Waals surface area (Å²) < 4.78 is 13.9. The van der Waals surface area contributed by atoms with Crippen LogP contribution in [0.3, 0.4) is 0 Å². The van der Waals surface area contributed by atoms with Crippen LogP contribution in [0, 0.1) is 5.82 Å². The van der Waals surface area contributed by atoms with Gasteiger partial charge in [0.1, 0.15) is 11.9 Å². The Balaban J connectivity index is 1.56. The second-order valence-corrected chi connectivity index (χ2v) is 8.42. The quantitative estimate of drug-likeness (QED) is 0.904. The number of carbonyl (C=O) groups is 2. The number of fused-ring (bicyclic) bond motifs is 2. The lowest BCUT2D eigenvalue weighted by atomic mass is 10.2. The summed E-state index contributed by atoms with van der Waals surface area (Å²) in [4.78, 5) is 30.4. The average Bonchev–Trinajstić information content (AvgIpc) is 3.12. The van der Waals surface area contributed by atoms with Gasteiger partial charge in [0.05, 0.1) is 15.1 Å². The van der Waals surface area contributed by atoms with Crippen LogP contribution in [0.25, 0.3) is 10.2 Å². The van der Waals surface area contributed by atoms with Gasteiger partial charge in [-0.25, -0.2) is 9.37 Å². The molecule has 23 heavy (non-hydrogen) atoms. The molecule has 1 aromatic heterocycles. The lowest BCUT2D eigenvalue weighted by molar-refractivity contribution is -0.135. The third-order valence-electron chi connectivity index (χ3n) is 4.33. The van der Waals surface area contributed by atoms with Crippen molar-refractivity contribution in [1.82, 2.24) is 9.88 Å². The molecule has 2 amide bonds. The van der Waals surface area contributed by atoms with E-state index >= 15 is 0 Å². The lowest BCUT2D eigenvalue weighted by Gasteiger charge is -2.29. The summed E-state index contributed by atoms with van der Waals surface area (Å²) in [6.07, 6.45) is 1.27. The number of rotatable bonds is 2. The Hall–Kier alpha value is -1.67. The molecular weight excluding hydrogens is 337 g/mol. The second kappa shape index (κ2) is 5.17. The Labute approximate surface area is 140 Å². The normalized spacial score (nSPS) is 26.8. The highest BCUT2D eigenvalue weighted by molar-refractivity contribution is 8.01. The first kappa shape index (κ1) is 14.9. The van der Waals surface area contributed by atoms with Crippen molar-refractivity contribution in [2.75, 3.05) is 11.1 Å². The molecule has 4 rings (SSSR count). The predicted octanol–water partition coefficient (Wildman–Crippen LogP) is 2.83. The van der Waals surface area contributed by atoms with Crippen LogP contribution >= 0.6 is 23.1 Å². The van der Waals surface area contributed by atoms with Crippen molar-refractivity contribution in [1.29, 1.82) is 0 Å². The van der Waals surface area contributed by atoms with E-state index in [2.05, 4.69) is 10.3 Å². The monoisotopic (exact) mass is 351 g/mol. The molecule has 0 saturated carbocycles. The molecule has 2 saturated heterocycles. The Bertz CT molecular complexity index is 824. The molecule has 5 nitrogen and oxygen atoms in total. The summed E-state index contributed by atoms with van der Waals surface area (Å²) in [5.41, 5.74) is 0.648. The minimum Gasteiger partial charge on any atom is -0.315 e. The van der Waals surface area contributed by atoms with Gasteiger partial charge in [-0.2, -0.15) is 0 Å². The standard InChI is InChI=1S/C15H14FN3O2S2/c1-15-5-4-12(20)19(15)10(7-22-15)13(21)18-14-17-9-3-2-8(16)6-11(9)23-14/h2-3,6,10H,4-5,7H2,1H3,(H,17,18,21)/t10-,15+/m0/s1. The highest BCUT2D eigenvalue weighted by atomic mass is 32.2. The van der Waals surface area contributed by atoms with Crippen LogP contribution in [0.4, 0.5) is 9.52 Å². The third-order valence-corrected chi connectivity index (χ3v) is 6.77. The van der Waals surface area contributed by atoms with Crippen molar-refractivity contribution in [3.05, 3.63) is 24.0 Å². The number of anilines is 1. The van der Waals surface area contributed by atoms with Crippen LogP contribution in [0.2, 0.25) is 0 Å². The van der Waals surface area contributed by atoms with Gasteiger partial charge in [0.2, 0.25) is 11.8 Å². The second-order valence-electron chi connectivity index (χ2n) is 5.89. The summed E-state index contributed by atoms with van der Waals surface area (Å²) >= 11 is 2.88. The fourth-order valence-electron chi connectivity index (χ4n) is 3.16. The molecule has 0 aliphatic carbocycles. The highest BCUT2D eigenvalue weighted by Crippen LogP contribution is 2.47. The fraction of sp³-hybridized carbons (Fsp3) is 0.400. The Morgan fingerprint density at radius 3 is 3.17 bits per heavy atom. The molecule has 2 aliphatic rings. The SMILES string of the molecule is C[C@@]12CCC(=O)N1[C@H](C(=O)Nc1nc3ccc(F)cc3s1)CS2. The summed E-state index contributed by atoms with van der Waals surface area (Å²) in [5.74, 6) is 0.0674. The van der Waals surface area contributed by atoms with Crippen molar-refractivity contribution >= 4 is 50.3 Å². The van der Waals surface area contributed by atoms with Crippen molar-refractivity contribution in [2.45, 2.75) is 30.7 Å². The Kier molecular flexibility index (Phi) is 3.35. The van der Waals surface area contributed by atoms with Crippen LogP contribution < -0.4 is 5.32 Å². The number of benzene rings is 1. The minimum atomic E-state index is -0.469. The molecule has 8 heteroatoms. The van der Waals surface area contributed by atoms with Gasteiger partial charge in [-0.3, -0.25) is 9.59 Å². The van der Waals surface area contributed by atoms with E-state index in [4.69, 9.17) is 0 Å². The van der Waals surface area contributed by atoms with Crippen LogP contribution in [0.5, 0.6) is 0 Å². The lowest BCUT2D eigenvalue weighted by Crippen LogP contribution is -2.48. The molecule has 1 N–H and O–H groups in total. The minimum absolute atomic E-state index is 0.0315. The number of hydrogen-bond acceptors (Lipinski definition) is 5. The van der Waals surface area contributed by atoms with E-state index in [1.165, 1.54) is 23.5 Å². The first-order valence-electron chi connectivity index (χ1n) is 7.29. The molecule has 2 atom stereocenters. The van der Waals surface area contributed by atoms with E-state index in [9.17, 15) is 14.0 Å². The van der Waals surface area contributed by atoms with Crippen LogP contribution in [0.15, 0.2) is 18.2 Å². The maximum Gasteiger partial charge on any atom is 0.249 e. The summed E-state index contributed by atoms with van der Waals surface area (Å²) in [6, 6.07) is 3.86. The number of thiazole rings is 1. The Morgan fingerprint density at radius 2 is 2.35 bits per heavy atom. The van der Waals surface area contributed by atoms with Crippen LogP contribution in [-0.2, 0) is 9.59 Å². The topological polar surface area (TPSA) is 62.3 Å². The van der Waals surface area contributed by atoms with Crippen LogP contribution in [0.1, 0.15) is 19.8 Å². The van der Waals surface area contributed by atoms with Crippen LogP contribution in [-0.4, -0.2) is 38.4 Å². The zero-order valence-corrected chi connectivity index (χ0v) is 14.0. The van der Waals surface area contributed by atoms with Gasteiger partial charge in [-0.15, -0.1) is 11.8 Å². The van der Waals surface area contributed by atoms with Crippen molar-refractivity contribution in [3.8, 4) is 0 Å². The maximum atomic E-state index is 13.2. The molecule has 0 radical (unpaired) electrons. The number of nitrogens with one attached hydrogen (secondary N) is 1. The predicted molar refractivity (Wildman–Crippen MR) is 88.9 cm³/mol. The summed E-state index contributed by atoms with van der Waals surface area (Å²) in [5, 5.41) is 3.21. The number of thioether (sulfide) groups is 1. The number of nitrogens with zero attached hydrogens (tertiary/aromatic N) is 2. The first-order valence-corrected chi connectivity index (χ1v) is 9.10. The first-order chi connectivity index (χ1) is 11.0. The van der Waals surface area contributed by atoms with Crippen molar-refractivity contribution < 1.29 is 14.0 Å². The molecule has 0 bridgehead atoms. The zero-order chi connectivity index (χ0) is 16.2. The molecule has 2 fully saturated rings. The Morgan fingerprint density at radius 1 is 1.52 bits per heavy atom. The van der Waals surface area contributed by atoms with E-state index in [0.717, 1.165) is 6.42 Å². The smallest absolute Gasteiger partial charge is 0.249 e. The van der Waals surface area contributed by atoms with E-state index in [-0.39, 0.29) is 22.5 Å². The van der Waals surface area contributed by atoms with Gasteiger partial charge in [0.15, 0.2) is 5.13 Å². The highest BCUT2D eigenvalue weighted by Gasteiger charge is 2.52. The third kappa shape index (κ3) is 2.40. The molecule has 0 unspecified atom stereocenters. The van der Waals surface area contributed by atoms with E-state index < -0.39 is 6.04 Å². The van der Waals surface area contributed by atoms with Gasteiger partial charge < -0.3 is 10.2 Å². The van der Waals surface area contributed by atoms with E-state index in [0.29, 0.717) is 27.5 Å². The summed E-state index contributed by atoms with van der Waals surface area (Å²) in [6.45, 7) is 2.01. The number of hydrogen-bond donors (Lipinski definition) is 1. The van der Waals surface area contributed by atoms with E-state index in [1.54, 1.807) is 22.7 Å². The number of halogens is 1. The number of aromatic nitrogens is 1. The molecule has 2 aromatic rings. The van der Waals surface area contributed by atoms with Gasteiger partial charge in [0, 0.05) is 12.2 Å². The number of amides is 2.